The highest BCUT2D eigenvalue weighted by Crippen LogP contribution is 2.29. The van der Waals surface area contributed by atoms with Crippen LogP contribution in [0.2, 0.25) is 5.02 Å². The van der Waals surface area contributed by atoms with Gasteiger partial charge in [0.25, 0.3) is 5.91 Å². The molecular formula is C17H18ClN3OS. The standard InChI is InChI=1S/C17H18ClN3OS/c18-13-3-1-2-12(8-13)17-19-9-15(23-17)16(22)20-14-10-21-6-4-11(14)5-7-21/h1-3,8-9,11,14H,4-7,10H2,(H,20,22). The molecule has 5 rings (SSSR count). The molecule has 0 radical (unpaired) electrons. The van der Waals surface area contributed by atoms with Gasteiger partial charge in [0, 0.05) is 23.2 Å². The molecule has 6 heteroatoms. The molecule has 2 aromatic rings. The van der Waals surface area contributed by atoms with E-state index in [9.17, 15) is 4.79 Å². The fraction of sp³-hybridized carbons (Fsp3) is 0.412. The fourth-order valence-electron chi connectivity index (χ4n) is 3.50. The Kier molecular flexibility index (Phi) is 4.09. The number of carbonyl (C=O) groups is 1. The summed E-state index contributed by atoms with van der Waals surface area (Å²) in [6.45, 7) is 3.34. The maximum absolute atomic E-state index is 12.5. The van der Waals surface area contributed by atoms with E-state index in [1.165, 1.54) is 37.3 Å². The van der Waals surface area contributed by atoms with E-state index in [-0.39, 0.29) is 11.9 Å². The van der Waals surface area contributed by atoms with Crippen LogP contribution in [0.1, 0.15) is 22.5 Å². The Morgan fingerprint density at radius 3 is 2.87 bits per heavy atom. The van der Waals surface area contributed by atoms with Crippen LogP contribution in [0.5, 0.6) is 0 Å². The zero-order valence-corrected chi connectivity index (χ0v) is 14.2. The first kappa shape index (κ1) is 15.1. The van der Waals surface area contributed by atoms with Crippen LogP contribution >= 0.6 is 22.9 Å². The minimum atomic E-state index is -0.00507. The van der Waals surface area contributed by atoms with Gasteiger partial charge in [-0.2, -0.15) is 0 Å². The number of amides is 1. The van der Waals surface area contributed by atoms with Gasteiger partial charge in [-0.15, -0.1) is 11.3 Å². The van der Waals surface area contributed by atoms with Gasteiger partial charge in [0.15, 0.2) is 0 Å². The van der Waals surface area contributed by atoms with Crippen molar-refractivity contribution in [2.45, 2.75) is 18.9 Å². The number of aromatic nitrogens is 1. The second kappa shape index (κ2) is 6.23. The molecule has 1 amide bonds. The summed E-state index contributed by atoms with van der Waals surface area (Å²) >= 11 is 7.44. The maximum Gasteiger partial charge on any atom is 0.263 e. The van der Waals surface area contributed by atoms with Crippen molar-refractivity contribution in [2.75, 3.05) is 19.6 Å². The lowest BCUT2D eigenvalue weighted by atomic mass is 9.84. The maximum atomic E-state index is 12.5. The average Bonchev–Trinajstić information content (AvgIpc) is 3.06. The van der Waals surface area contributed by atoms with E-state index in [4.69, 9.17) is 11.6 Å². The molecule has 1 aromatic heterocycles. The summed E-state index contributed by atoms with van der Waals surface area (Å²) in [5, 5.41) is 4.71. The highest BCUT2D eigenvalue weighted by Gasteiger charge is 2.35. The van der Waals surface area contributed by atoms with Crippen molar-refractivity contribution >= 4 is 28.8 Å². The lowest BCUT2D eigenvalue weighted by Gasteiger charge is -2.44. The van der Waals surface area contributed by atoms with Gasteiger partial charge >= 0.3 is 0 Å². The molecule has 0 aliphatic carbocycles. The van der Waals surface area contributed by atoms with Gasteiger partial charge in [-0.1, -0.05) is 23.7 Å². The predicted molar refractivity (Wildman–Crippen MR) is 93.0 cm³/mol. The number of nitrogens with one attached hydrogen (secondary N) is 1. The SMILES string of the molecule is O=C(NC1CN2CCC1CC2)c1cnc(-c2cccc(Cl)c2)s1. The highest BCUT2D eigenvalue weighted by molar-refractivity contribution is 7.16. The van der Waals surface area contributed by atoms with Gasteiger partial charge in [-0.3, -0.25) is 4.79 Å². The zero-order valence-electron chi connectivity index (χ0n) is 12.7. The minimum Gasteiger partial charge on any atom is -0.347 e. The summed E-state index contributed by atoms with van der Waals surface area (Å²) in [7, 11) is 0. The lowest BCUT2D eigenvalue weighted by molar-refractivity contribution is 0.0622. The number of piperidine rings is 3. The molecule has 3 fully saturated rings. The topological polar surface area (TPSA) is 45.2 Å². The van der Waals surface area contributed by atoms with Crippen LogP contribution in [-0.2, 0) is 0 Å². The molecule has 3 saturated heterocycles. The molecule has 1 aromatic carbocycles. The first-order valence-corrected chi connectivity index (χ1v) is 9.13. The third-order valence-electron chi connectivity index (χ3n) is 4.77. The molecule has 0 spiro atoms. The summed E-state index contributed by atoms with van der Waals surface area (Å²) in [4.78, 5) is 20.0. The monoisotopic (exact) mass is 347 g/mol. The quantitative estimate of drug-likeness (QED) is 0.926. The first-order valence-electron chi connectivity index (χ1n) is 7.94. The summed E-state index contributed by atoms with van der Waals surface area (Å²) in [6.07, 6.45) is 4.06. The number of thiazole rings is 1. The van der Waals surface area contributed by atoms with Gasteiger partial charge < -0.3 is 10.2 Å². The van der Waals surface area contributed by atoms with E-state index in [2.05, 4.69) is 15.2 Å². The van der Waals surface area contributed by atoms with Crippen LogP contribution in [0.4, 0.5) is 0 Å². The third kappa shape index (κ3) is 3.13. The summed E-state index contributed by atoms with van der Waals surface area (Å²) < 4.78 is 0. The number of halogens is 1. The molecule has 3 aliphatic rings. The Bertz CT molecular complexity index is 724. The number of nitrogens with zero attached hydrogens (tertiary/aromatic N) is 2. The van der Waals surface area contributed by atoms with E-state index in [0.717, 1.165) is 17.1 Å². The first-order chi connectivity index (χ1) is 11.2. The van der Waals surface area contributed by atoms with Crippen LogP contribution in [0.25, 0.3) is 10.6 Å². The van der Waals surface area contributed by atoms with E-state index in [1.807, 2.05) is 24.3 Å². The normalized spacial score (nSPS) is 26.2. The van der Waals surface area contributed by atoms with Gasteiger partial charge in [0.1, 0.15) is 9.88 Å². The Balaban J connectivity index is 1.47. The van der Waals surface area contributed by atoms with Gasteiger partial charge in [-0.25, -0.2) is 4.98 Å². The lowest BCUT2D eigenvalue weighted by Crippen LogP contribution is -2.57. The molecule has 4 nitrogen and oxygen atoms in total. The Hall–Kier alpha value is -1.43. The number of fused-ring (bicyclic) bond motifs is 3. The molecule has 3 aliphatic heterocycles. The Labute approximate surface area is 144 Å². The second-order valence-electron chi connectivity index (χ2n) is 6.26. The van der Waals surface area contributed by atoms with E-state index in [1.54, 1.807) is 6.20 Å². The molecular weight excluding hydrogens is 330 g/mol. The molecule has 1 N–H and O–H groups in total. The number of carbonyl (C=O) groups excluding carboxylic acids is 1. The van der Waals surface area contributed by atoms with Crippen LogP contribution in [0.3, 0.4) is 0 Å². The number of hydrogen-bond donors (Lipinski definition) is 1. The van der Waals surface area contributed by atoms with Gasteiger partial charge in [-0.05, 0) is 44.0 Å². The molecule has 1 atom stereocenters. The van der Waals surface area contributed by atoms with Crippen LogP contribution < -0.4 is 5.32 Å². The van der Waals surface area contributed by atoms with E-state index >= 15 is 0 Å². The Morgan fingerprint density at radius 2 is 2.17 bits per heavy atom. The van der Waals surface area contributed by atoms with Crippen molar-refractivity contribution in [1.82, 2.24) is 15.2 Å². The zero-order chi connectivity index (χ0) is 15.8. The Morgan fingerprint density at radius 1 is 1.35 bits per heavy atom. The number of benzene rings is 1. The number of hydrogen-bond acceptors (Lipinski definition) is 4. The molecule has 4 heterocycles. The predicted octanol–water partition coefficient (Wildman–Crippen LogP) is 3.29. The van der Waals surface area contributed by atoms with Crippen molar-refractivity contribution in [3.05, 3.63) is 40.4 Å². The molecule has 23 heavy (non-hydrogen) atoms. The van der Waals surface area contributed by atoms with Crippen LogP contribution in [0.15, 0.2) is 30.5 Å². The van der Waals surface area contributed by atoms with E-state index in [0.29, 0.717) is 15.8 Å². The van der Waals surface area contributed by atoms with Gasteiger partial charge in [0.05, 0.1) is 6.20 Å². The third-order valence-corrected chi connectivity index (χ3v) is 6.05. The van der Waals surface area contributed by atoms with Crippen molar-refractivity contribution in [2.24, 2.45) is 5.92 Å². The molecule has 120 valence electrons. The van der Waals surface area contributed by atoms with Crippen molar-refractivity contribution in [3.8, 4) is 10.6 Å². The van der Waals surface area contributed by atoms with E-state index < -0.39 is 0 Å². The summed E-state index contributed by atoms with van der Waals surface area (Å²) in [6, 6.07) is 7.84. The number of rotatable bonds is 3. The largest absolute Gasteiger partial charge is 0.347 e. The summed E-state index contributed by atoms with van der Waals surface area (Å²) in [5.74, 6) is 0.624. The molecule has 1 unspecified atom stereocenters. The minimum absolute atomic E-state index is 0.00507. The van der Waals surface area contributed by atoms with Crippen molar-refractivity contribution in [1.29, 1.82) is 0 Å². The van der Waals surface area contributed by atoms with Crippen molar-refractivity contribution < 1.29 is 4.79 Å². The second-order valence-corrected chi connectivity index (χ2v) is 7.73. The fourth-order valence-corrected chi connectivity index (χ4v) is 4.51. The van der Waals surface area contributed by atoms with Gasteiger partial charge in [0.2, 0.25) is 0 Å². The molecule has 2 bridgehead atoms. The average molecular weight is 348 g/mol. The highest BCUT2D eigenvalue weighted by atomic mass is 35.5. The van der Waals surface area contributed by atoms with Crippen molar-refractivity contribution in [3.63, 3.8) is 0 Å². The molecule has 0 saturated carbocycles. The van der Waals surface area contributed by atoms with Crippen LogP contribution in [0, 0.1) is 5.92 Å². The smallest absolute Gasteiger partial charge is 0.263 e. The van der Waals surface area contributed by atoms with Crippen LogP contribution in [-0.4, -0.2) is 41.5 Å². The summed E-state index contributed by atoms with van der Waals surface area (Å²) in [5.41, 5.74) is 0.949.